The third-order valence-corrected chi connectivity index (χ3v) is 12.5. The van der Waals surface area contributed by atoms with Crippen molar-refractivity contribution in [3.8, 4) is 0 Å². The van der Waals surface area contributed by atoms with Crippen molar-refractivity contribution in [3.63, 3.8) is 0 Å². The predicted octanol–water partition coefficient (Wildman–Crippen LogP) is 11.6. The quantitative estimate of drug-likeness (QED) is 0.0803. The first-order valence-electron chi connectivity index (χ1n) is 20.1. The highest BCUT2D eigenvalue weighted by Crippen LogP contribution is 2.54. The van der Waals surface area contributed by atoms with E-state index < -0.39 is 83.9 Å². The minimum absolute atomic E-state index is 0.0274. The van der Waals surface area contributed by atoms with Crippen LogP contribution < -0.4 is 0 Å². The maximum atomic E-state index is 13.8. The molecule has 56 heavy (non-hydrogen) atoms. The summed E-state index contributed by atoms with van der Waals surface area (Å²) in [6.45, 7) is 13.3. The van der Waals surface area contributed by atoms with Gasteiger partial charge in [0.2, 0.25) is 0 Å². The van der Waals surface area contributed by atoms with E-state index in [4.69, 9.17) is 18.9 Å². The van der Waals surface area contributed by atoms with E-state index in [1.54, 1.807) is 41.5 Å². The summed E-state index contributed by atoms with van der Waals surface area (Å²) in [6.07, 6.45) is -6.32. The third kappa shape index (κ3) is 14.7. The van der Waals surface area contributed by atoms with Crippen molar-refractivity contribution in [3.05, 3.63) is 0 Å². The Hall–Kier alpha value is -0.940. The normalized spacial score (nSPS) is 23.0. The van der Waals surface area contributed by atoms with Crippen LogP contribution in [0.25, 0.3) is 0 Å². The Morgan fingerprint density at radius 1 is 0.536 bits per heavy atom. The average molecular weight is 837 g/mol. The zero-order valence-corrected chi connectivity index (χ0v) is 35.2. The molecule has 4 atom stereocenters. The number of aliphatic hydroxyl groups is 2. The molecular formula is C40H70F10O6. The Bertz CT molecular complexity index is 1170. The zero-order valence-electron chi connectivity index (χ0n) is 35.2. The van der Waals surface area contributed by atoms with E-state index in [1.807, 2.05) is 20.8 Å². The molecule has 0 saturated heterocycles. The maximum absolute atomic E-state index is 13.8. The Morgan fingerprint density at radius 2 is 0.929 bits per heavy atom. The Morgan fingerprint density at radius 3 is 1.27 bits per heavy atom. The van der Waals surface area contributed by atoms with Crippen LogP contribution in [0.1, 0.15) is 153 Å². The minimum atomic E-state index is -5.78. The molecule has 16 heteroatoms. The summed E-state index contributed by atoms with van der Waals surface area (Å²) in [5, 5.41) is 22.4. The van der Waals surface area contributed by atoms with Crippen LogP contribution in [0.15, 0.2) is 0 Å². The molecule has 6 nitrogen and oxygen atoms in total. The second kappa shape index (κ2) is 19.6. The summed E-state index contributed by atoms with van der Waals surface area (Å²) < 4.78 is 156. The Labute approximate surface area is 328 Å². The van der Waals surface area contributed by atoms with Gasteiger partial charge in [-0.2, -0.15) is 43.9 Å². The minimum Gasteiger partial charge on any atom is -0.390 e. The lowest BCUT2D eigenvalue weighted by atomic mass is 9.73. The van der Waals surface area contributed by atoms with E-state index in [0.717, 1.165) is 0 Å². The molecule has 1 saturated carbocycles. The lowest BCUT2D eigenvalue weighted by Crippen LogP contribution is -2.46. The van der Waals surface area contributed by atoms with Crippen molar-refractivity contribution in [2.24, 2.45) is 16.2 Å². The van der Waals surface area contributed by atoms with Crippen LogP contribution in [-0.4, -0.2) is 96.5 Å². The molecule has 1 aliphatic rings. The van der Waals surface area contributed by atoms with Crippen LogP contribution in [0, 0.1) is 16.2 Å². The van der Waals surface area contributed by atoms with Crippen LogP contribution in [0.5, 0.6) is 0 Å². The highest BCUT2D eigenvalue weighted by molar-refractivity contribution is 5.01. The standard InChI is InChI=1S/C40H70F10O6/c1-11-33(51,12-2)20-31(9,24-53-28-37(41,42)39(45,46)47)26-55-35(15-5,16-6)22-30(8)18-19-36(17-7,23-30)56-27-32(10,21-34(52,13-3)14-4)25-54-29-38(43,44)40(48,49)50/h51-52H,11-29H2,1-10H3. The molecule has 0 bridgehead atoms. The molecule has 336 valence electrons. The highest BCUT2D eigenvalue weighted by Gasteiger charge is 2.59. The summed E-state index contributed by atoms with van der Waals surface area (Å²) in [7, 11) is 0. The van der Waals surface area contributed by atoms with Gasteiger partial charge in [0.05, 0.1) is 48.8 Å². The van der Waals surface area contributed by atoms with Gasteiger partial charge in [-0.15, -0.1) is 0 Å². The maximum Gasteiger partial charge on any atom is 0.455 e. The van der Waals surface area contributed by atoms with Crippen LogP contribution in [0.3, 0.4) is 0 Å². The first-order valence-corrected chi connectivity index (χ1v) is 20.1. The fourth-order valence-electron chi connectivity index (χ4n) is 8.24. The van der Waals surface area contributed by atoms with Crippen molar-refractivity contribution in [2.45, 2.75) is 199 Å². The van der Waals surface area contributed by atoms with Crippen LogP contribution >= 0.6 is 0 Å². The molecule has 0 aromatic heterocycles. The molecular weight excluding hydrogens is 766 g/mol. The number of hydrogen-bond donors (Lipinski definition) is 2. The molecule has 0 amide bonds. The first-order chi connectivity index (χ1) is 25.3. The van der Waals surface area contributed by atoms with Gasteiger partial charge in [-0.05, 0) is 88.9 Å². The summed E-state index contributed by atoms with van der Waals surface area (Å²) in [5.41, 5.74) is -6.60. The van der Waals surface area contributed by atoms with Crippen molar-refractivity contribution in [1.82, 2.24) is 0 Å². The number of alkyl halides is 10. The van der Waals surface area contributed by atoms with E-state index in [2.05, 4.69) is 6.92 Å². The predicted molar refractivity (Wildman–Crippen MR) is 195 cm³/mol. The van der Waals surface area contributed by atoms with Gasteiger partial charge >= 0.3 is 24.2 Å². The van der Waals surface area contributed by atoms with Gasteiger partial charge in [0.25, 0.3) is 0 Å². The second-order valence-corrected chi connectivity index (χ2v) is 17.9. The molecule has 1 rings (SSSR count). The smallest absolute Gasteiger partial charge is 0.390 e. The topological polar surface area (TPSA) is 77.4 Å². The monoisotopic (exact) mass is 837 g/mol. The van der Waals surface area contributed by atoms with E-state index in [-0.39, 0.29) is 31.5 Å². The van der Waals surface area contributed by atoms with Gasteiger partial charge < -0.3 is 29.2 Å². The molecule has 0 aromatic rings. The van der Waals surface area contributed by atoms with Crippen molar-refractivity contribution in [1.29, 1.82) is 0 Å². The summed E-state index contributed by atoms with van der Waals surface area (Å²) in [4.78, 5) is 0. The van der Waals surface area contributed by atoms with Gasteiger partial charge in [0.1, 0.15) is 13.2 Å². The van der Waals surface area contributed by atoms with Crippen LogP contribution in [0.2, 0.25) is 0 Å². The van der Waals surface area contributed by atoms with Gasteiger partial charge in [0.15, 0.2) is 0 Å². The lowest BCUT2D eigenvalue weighted by molar-refractivity contribution is -0.299. The summed E-state index contributed by atoms with van der Waals surface area (Å²) in [5.74, 6) is -10.1. The lowest BCUT2D eigenvalue weighted by Gasteiger charge is -2.44. The Kier molecular flexibility index (Phi) is 18.6. The molecule has 2 N–H and O–H groups in total. The number of halogens is 10. The number of rotatable bonds is 27. The third-order valence-electron chi connectivity index (χ3n) is 12.5. The SMILES string of the molecule is CCC(O)(CC)CC(C)(COCC(F)(F)C(F)(F)F)COC(CC)(CC)CC1(C)CCC(CC)(OCC(C)(COCC(F)(F)C(F)(F)F)CC(O)(CC)CC)C1. The molecule has 1 fully saturated rings. The highest BCUT2D eigenvalue weighted by atomic mass is 19.4. The molecule has 0 spiro atoms. The van der Waals surface area contributed by atoms with Crippen LogP contribution in [-0.2, 0) is 18.9 Å². The van der Waals surface area contributed by atoms with Gasteiger partial charge in [-0.3, -0.25) is 0 Å². The first kappa shape index (κ1) is 53.1. The average Bonchev–Trinajstić information content (AvgIpc) is 3.44. The number of hydrogen-bond acceptors (Lipinski definition) is 6. The Balaban J connectivity index is 3.30. The molecule has 0 heterocycles. The zero-order chi connectivity index (χ0) is 43.8. The van der Waals surface area contributed by atoms with Crippen molar-refractivity contribution in [2.75, 3.05) is 39.6 Å². The molecule has 0 aliphatic heterocycles. The van der Waals surface area contributed by atoms with E-state index in [9.17, 15) is 54.1 Å². The van der Waals surface area contributed by atoms with Crippen LogP contribution in [0.4, 0.5) is 43.9 Å². The van der Waals surface area contributed by atoms with Crippen molar-refractivity contribution < 1.29 is 73.1 Å². The number of ether oxygens (including phenoxy) is 4. The van der Waals surface area contributed by atoms with E-state index in [1.165, 1.54) is 0 Å². The fraction of sp³-hybridized carbons (Fsp3) is 1.00. The molecule has 0 aromatic carbocycles. The summed E-state index contributed by atoms with van der Waals surface area (Å²) >= 11 is 0. The van der Waals surface area contributed by atoms with Gasteiger partial charge in [-0.1, -0.05) is 69.2 Å². The van der Waals surface area contributed by atoms with Crippen molar-refractivity contribution >= 4 is 0 Å². The fourth-order valence-corrected chi connectivity index (χ4v) is 8.24. The van der Waals surface area contributed by atoms with E-state index >= 15 is 0 Å². The summed E-state index contributed by atoms with van der Waals surface area (Å²) in [6, 6.07) is 0. The largest absolute Gasteiger partial charge is 0.455 e. The molecule has 4 unspecified atom stereocenters. The molecule has 0 radical (unpaired) electrons. The van der Waals surface area contributed by atoms with E-state index in [0.29, 0.717) is 70.6 Å². The van der Waals surface area contributed by atoms with Gasteiger partial charge in [0, 0.05) is 10.8 Å². The molecule has 1 aliphatic carbocycles. The second-order valence-electron chi connectivity index (χ2n) is 17.9. The van der Waals surface area contributed by atoms with Gasteiger partial charge in [-0.25, -0.2) is 0 Å².